The van der Waals surface area contributed by atoms with Crippen LogP contribution in [0.3, 0.4) is 0 Å². The highest BCUT2D eigenvalue weighted by Gasteiger charge is 2.33. The standard InChI is InChI=1S/C12H14Cl2O2/c1-4-16-11(15)12(2,3)8-6-5-7-9(13)10(8)14/h5-7H,4H2,1-3H3. The first-order valence-corrected chi connectivity index (χ1v) is 5.78. The molecule has 0 spiro atoms. The van der Waals surface area contributed by atoms with Gasteiger partial charge in [0, 0.05) is 0 Å². The maximum absolute atomic E-state index is 11.8. The van der Waals surface area contributed by atoms with E-state index in [1.54, 1.807) is 39.0 Å². The lowest BCUT2D eigenvalue weighted by Crippen LogP contribution is -2.31. The SMILES string of the molecule is CCOC(=O)C(C)(C)c1cccc(Cl)c1Cl. The minimum Gasteiger partial charge on any atom is -0.465 e. The zero-order chi connectivity index (χ0) is 12.3. The van der Waals surface area contributed by atoms with Crippen LogP contribution in [0.5, 0.6) is 0 Å². The van der Waals surface area contributed by atoms with Crippen molar-refractivity contribution in [1.29, 1.82) is 0 Å². The van der Waals surface area contributed by atoms with Crippen molar-refractivity contribution in [2.45, 2.75) is 26.2 Å². The highest BCUT2D eigenvalue weighted by atomic mass is 35.5. The molecule has 0 aliphatic rings. The Morgan fingerprint density at radius 2 is 2.00 bits per heavy atom. The van der Waals surface area contributed by atoms with Crippen LogP contribution in [0.1, 0.15) is 26.3 Å². The van der Waals surface area contributed by atoms with Crippen molar-refractivity contribution in [3.63, 3.8) is 0 Å². The molecule has 0 atom stereocenters. The van der Waals surface area contributed by atoms with Gasteiger partial charge in [-0.1, -0.05) is 35.3 Å². The molecule has 0 aliphatic carbocycles. The Labute approximate surface area is 106 Å². The van der Waals surface area contributed by atoms with Gasteiger partial charge in [0.15, 0.2) is 0 Å². The average Bonchev–Trinajstić information content (AvgIpc) is 2.22. The molecule has 1 aromatic rings. The van der Waals surface area contributed by atoms with E-state index in [4.69, 9.17) is 27.9 Å². The van der Waals surface area contributed by atoms with Crippen LogP contribution in [0.4, 0.5) is 0 Å². The fourth-order valence-electron chi connectivity index (χ4n) is 1.41. The van der Waals surface area contributed by atoms with Gasteiger partial charge in [-0.3, -0.25) is 4.79 Å². The van der Waals surface area contributed by atoms with Crippen LogP contribution in [-0.4, -0.2) is 12.6 Å². The van der Waals surface area contributed by atoms with Crippen molar-refractivity contribution in [3.05, 3.63) is 33.8 Å². The summed E-state index contributed by atoms with van der Waals surface area (Å²) in [6.45, 7) is 5.65. The summed E-state index contributed by atoms with van der Waals surface area (Å²) in [5.41, 5.74) is -0.113. The van der Waals surface area contributed by atoms with Gasteiger partial charge in [-0.2, -0.15) is 0 Å². The number of ether oxygens (including phenoxy) is 1. The molecule has 0 bridgehead atoms. The molecule has 0 heterocycles. The van der Waals surface area contributed by atoms with Gasteiger partial charge in [-0.05, 0) is 32.4 Å². The van der Waals surface area contributed by atoms with Crippen LogP contribution in [0.25, 0.3) is 0 Å². The van der Waals surface area contributed by atoms with Gasteiger partial charge in [-0.15, -0.1) is 0 Å². The fraction of sp³-hybridized carbons (Fsp3) is 0.417. The van der Waals surface area contributed by atoms with Crippen LogP contribution in [0.15, 0.2) is 18.2 Å². The minimum absolute atomic E-state index is 0.306. The second-order valence-electron chi connectivity index (χ2n) is 3.95. The molecule has 0 saturated carbocycles. The van der Waals surface area contributed by atoms with Crippen LogP contribution in [0.2, 0.25) is 10.0 Å². The summed E-state index contributed by atoms with van der Waals surface area (Å²) in [5, 5.41) is 0.846. The van der Waals surface area contributed by atoms with Crippen LogP contribution in [-0.2, 0) is 14.9 Å². The fourth-order valence-corrected chi connectivity index (χ4v) is 1.94. The van der Waals surface area contributed by atoms with Crippen molar-refractivity contribution in [2.24, 2.45) is 0 Å². The van der Waals surface area contributed by atoms with Gasteiger partial charge >= 0.3 is 5.97 Å². The van der Waals surface area contributed by atoms with Gasteiger partial charge in [-0.25, -0.2) is 0 Å². The molecule has 88 valence electrons. The quantitative estimate of drug-likeness (QED) is 0.773. The number of benzene rings is 1. The van der Waals surface area contributed by atoms with E-state index in [1.165, 1.54) is 0 Å². The molecule has 0 saturated heterocycles. The number of rotatable bonds is 3. The molecule has 0 N–H and O–H groups in total. The van der Waals surface area contributed by atoms with Crippen LogP contribution < -0.4 is 0 Å². The lowest BCUT2D eigenvalue weighted by Gasteiger charge is -2.24. The highest BCUT2D eigenvalue weighted by Crippen LogP contribution is 2.35. The number of carbonyl (C=O) groups is 1. The molecule has 1 rings (SSSR count). The van der Waals surface area contributed by atoms with Crippen molar-refractivity contribution < 1.29 is 9.53 Å². The Balaban J connectivity index is 3.16. The van der Waals surface area contributed by atoms with E-state index in [2.05, 4.69) is 0 Å². The van der Waals surface area contributed by atoms with E-state index in [1.807, 2.05) is 0 Å². The van der Waals surface area contributed by atoms with Gasteiger partial charge in [0.1, 0.15) is 0 Å². The first-order chi connectivity index (χ1) is 7.41. The summed E-state index contributed by atoms with van der Waals surface area (Å²) in [4.78, 5) is 11.8. The smallest absolute Gasteiger partial charge is 0.316 e. The van der Waals surface area contributed by atoms with Gasteiger partial charge < -0.3 is 4.74 Å². The summed E-state index contributed by atoms with van der Waals surface area (Å²) in [5.74, 6) is -0.306. The van der Waals surface area contributed by atoms with E-state index >= 15 is 0 Å². The highest BCUT2D eigenvalue weighted by molar-refractivity contribution is 6.42. The first kappa shape index (κ1) is 13.3. The predicted octanol–water partition coefficient (Wildman–Crippen LogP) is 3.83. The summed E-state index contributed by atoms with van der Waals surface area (Å²) < 4.78 is 5.02. The van der Waals surface area contributed by atoms with Gasteiger partial charge in [0.2, 0.25) is 0 Å². The molecule has 16 heavy (non-hydrogen) atoms. The number of esters is 1. The average molecular weight is 261 g/mol. The van der Waals surface area contributed by atoms with Gasteiger partial charge in [0.25, 0.3) is 0 Å². The first-order valence-electron chi connectivity index (χ1n) is 5.03. The molecular weight excluding hydrogens is 247 g/mol. The molecule has 1 aromatic carbocycles. The van der Waals surface area contributed by atoms with Gasteiger partial charge in [0.05, 0.1) is 22.1 Å². The third-order valence-corrected chi connectivity index (χ3v) is 3.23. The Morgan fingerprint density at radius 3 is 2.56 bits per heavy atom. The third kappa shape index (κ3) is 2.50. The minimum atomic E-state index is -0.794. The van der Waals surface area contributed by atoms with Crippen molar-refractivity contribution in [2.75, 3.05) is 6.61 Å². The largest absolute Gasteiger partial charge is 0.465 e. The zero-order valence-electron chi connectivity index (χ0n) is 9.51. The Hall–Kier alpha value is -0.730. The molecule has 0 aromatic heterocycles. The zero-order valence-corrected chi connectivity index (χ0v) is 11.0. The maximum atomic E-state index is 11.8. The maximum Gasteiger partial charge on any atom is 0.316 e. The van der Waals surface area contributed by atoms with Crippen molar-refractivity contribution in [3.8, 4) is 0 Å². The predicted molar refractivity (Wildman–Crippen MR) is 66.1 cm³/mol. The number of carbonyl (C=O) groups excluding carboxylic acids is 1. The van der Waals surface area contributed by atoms with Crippen LogP contribution >= 0.6 is 23.2 Å². The number of halogens is 2. The van der Waals surface area contributed by atoms with Crippen molar-refractivity contribution in [1.82, 2.24) is 0 Å². The number of hydrogen-bond acceptors (Lipinski definition) is 2. The van der Waals surface area contributed by atoms with E-state index in [-0.39, 0.29) is 5.97 Å². The van der Waals surface area contributed by atoms with E-state index in [0.717, 1.165) is 0 Å². The lowest BCUT2D eigenvalue weighted by molar-refractivity contribution is -0.148. The second-order valence-corrected chi connectivity index (χ2v) is 4.73. The summed E-state index contributed by atoms with van der Waals surface area (Å²) in [6.07, 6.45) is 0. The van der Waals surface area contributed by atoms with E-state index < -0.39 is 5.41 Å². The summed E-state index contributed by atoms with van der Waals surface area (Å²) in [6, 6.07) is 5.24. The van der Waals surface area contributed by atoms with E-state index in [9.17, 15) is 4.79 Å². The molecular formula is C12H14Cl2O2. The molecule has 0 fully saturated rings. The topological polar surface area (TPSA) is 26.3 Å². The van der Waals surface area contributed by atoms with Crippen LogP contribution in [0, 0.1) is 0 Å². The molecule has 0 aliphatic heterocycles. The molecule has 0 radical (unpaired) electrons. The lowest BCUT2D eigenvalue weighted by atomic mass is 9.85. The normalized spacial score (nSPS) is 11.3. The summed E-state index contributed by atoms with van der Waals surface area (Å²) in [7, 11) is 0. The monoisotopic (exact) mass is 260 g/mol. The Morgan fingerprint density at radius 1 is 1.38 bits per heavy atom. The Kier molecular flexibility index (Phi) is 4.22. The number of hydrogen-bond donors (Lipinski definition) is 0. The summed E-state index contributed by atoms with van der Waals surface area (Å²) >= 11 is 12.0. The molecule has 0 amide bonds. The molecule has 0 unspecified atom stereocenters. The van der Waals surface area contributed by atoms with Crippen molar-refractivity contribution >= 4 is 29.2 Å². The third-order valence-electron chi connectivity index (χ3n) is 2.41. The molecule has 4 heteroatoms. The Bertz CT molecular complexity index is 400. The van der Waals surface area contributed by atoms with E-state index in [0.29, 0.717) is 22.2 Å². The molecule has 2 nitrogen and oxygen atoms in total. The second kappa shape index (κ2) is 5.07.